The number of aryl methyl sites for hydroxylation is 2. The Bertz CT molecular complexity index is 586. The summed E-state index contributed by atoms with van der Waals surface area (Å²) in [5, 5.41) is 4.54. The lowest BCUT2D eigenvalue weighted by atomic mass is 9.94. The van der Waals surface area contributed by atoms with Crippen LogP contribution in [0.2, 0.25) is 0 Å². The molecule has 2 aliphatic rings. The van der Waals surface area contributed by atoms with Crippen molar-refractivity contribution in [3.63, 3.8) is 0 Å². The fourth-order valence-electron chi connectivity index (χ4n) is 3.95. The maximum atomic E-state index is 6.26. The first kappa shape index (κ1) is 17.3. The third-order valence-electron chi connectivity index (χ3n) is 5.48. The number of guanidine groups is 1. The highest BCUT2D eigenvalue weighted by atomic mass is 16.5. The minimum absolute atomic E-state index is 0.0967. The van der Waals surface area contributed by atoms with Gasteiger partial charge in [-0.15, -0.1) is 0 Å². The molecule has 2 saturated heterocycles. The fourth-order valence-corrected chi connectivity index (χ4v) is 3.95. The second-order valence-corrected chi connectivity index (χ2v) is 7.15. The third kappa shape index (κ3) is 3.58. The van der Waals surface area contributed by atoms with Gasteiger partial charge in [0.15, 0.2) is 5.96 Å². The number of ether oxygens (including phenoxy) is 1. The summed E-state index contributed by atoms with van der Waals surface area (Å²) in [4.78, 5) is 6.97. The van der Waals surface area contributed by atoms with Gasteiger partial charge in [0.25, 0.3) is 0 Å². The molecule has 0 aliphatic carbocycles. The standard InChI is InChI=1S/C18H31N5O/c1-13-16(14(2)22(3)21-13)17-15(8-11-24-17)12-20-18(19)23-9-6-4-5-7-10-23/h15,17H,4-12H2,1-3H3,(H2,19,20)/t15-,17+/m0/s1. The first-order valence-corrected chi connectivity index (χ1v) is 9.24. The van der Waals surface area contributed by atoms with E-state index >= 15 is 0 Å². The van der Waals surface area contributed by atoms with E-state index in [9.17, 15) is 0 Å². The van der Waals surface area contributed by atoms with E-state index in [1.165, 1.54) is 36.9 Å². The highest BCUT2D eigenvalue weighted by Crippen LogP contribution is 2.37. The van der Waals surface area contributed by atoms with Gasteiger partial charge in [-0.05, 0) is 33.1 Å². The highest BCUT2D eigenvalue weighted by molar-refractivity contribution is 5.78. The summed E-state index contributed by atoms with van der Waals surface area (Å²) in [6, 6.07) is 0. The molecule has 3 rings (SSSR count). The van der Waals surface area contributed by atoms with E-state index in [0.29, 0.717) is 11.9 Å². The van der Waals surface area contributed by atoms with Crippen molar-refractivity contribution in [1.29, 1.82) is 0 Å². The molecule has 3 heterocycles. The summed E-state index contributed by atoms with van der Waals surface area (Å²) < 4.78 is 7.99. The molecule has 0 radical (unpaired) electrons. The zero-order valence-electron chi connectivity index (χ0n) is 15.3. The fraction of sp³-hybridized carbons (Fsp3) is 0.778. The molecule has 0 aromatic carbocycles. The molecule has 2 fully saturated rings. The van der Waals surface area contributed by atoms with E-state index < -0.39 is 0 Å². The van der Waals surface area contributed by atoms with Crippen LogP contribution in [-0.4, -0.2) is 46.9 Å². The smallest absolute Gasteiger partial charge is 0.191 e. The van der Waals surface area contributed by atoms with E-state index in [2.05, 4.69) is 23.8 Å². The number of hydrogen-bond acceptors (Lipinski definition) is 3. The first-order valence-electron chi connectivity index (χ1n) is 9.24. The van der Waals surface area contributed by atoms with Crippen molar-refractivity contribution < 1.29 is 4.74 Å². The van der Waals surface area contributed by atoms with Gasteiger partial charge in [-0.3, -0.25) is 9.67 Å². The Labute approximate surface area is 145 Å². The average Bonchev–Trinajstić information content (AvgIpc) is 2.97. The predicted molar refractivity (Wildman–Crippen MR) is 96.0 cm³/mol. The van der Waals surface area contributed by atoms with Crippen molar-refractivity contribution >= 4 is 5.96 Å². The predicted octanol–water partition coefficient (Wildman–Crippen LogP) is 2.31. The molecule has 134 valence electrons. The molecule has 1 aromatic rings. The highest BCUT2D eigenvalue weighted by Gasteiger charge is 2.33. The van der Waals surface area contributed by atoms with E-state index in [4.69, 9.17) is 15.5 Å². The molecule has 24 heavy (non-hydrogen) atoms. The zero-order valence-corrected chi connectivity index (χ0v) is 15.3. The van der Waals surface area contributed by atoms with Crippen LogP contribution < -0.4 is 5.73 Å². The minimum atomic E-state index is 0.0967. The summed E-state index contributed by atoms with van der Waals surface area (Å²) in [5.74, 6) is 1.10. The van der Waals surface area contributed by atoms with Crippen LogP contribution in [0.25, 0.3) is 0 Å². The van der Waals surface area contributed by atoms with Gasteiger partial charge >= 0.3 is 0 Å². The molecule has 2 N–H and O–H groups in total. The molecule has 2 atom stereocenters. The Kier molecular flexibility index (Phi) is 5.43. The van der Waals surface area contributed by atoms with Crippen molar-refractivity contribution in [3.8, 4) is 0 Å². The van der Waals surface area contributed by atoms with Crippen LogP contribution in [0.5, 0.6) is 0 Å². The molecule has 0 unspecified atom stereocenters. The number of nitrogens with two attached hydrogens (primary N) is 1. The van der Waals surface area contributed by atoms with Crippen LogP contribution in [0, 0.1) is 19.8 Å². The van der Waals surface area contributed by atoms with E-state index in [1.807, 2.05) is 11.7 Å². The minimum Gasteiger partial charge on any atom is -0.373 e. The van der Waals surface area contributed by atoms with E-state index in [1.54, 1.807) is 0 Å². The number of aromatic nitrogens is 2. The van der Waals surface area contributed by atoms with Gasteiger partial charge in [0.2, 0.25) is 0 Å². The first-order chi connectivity index (χ1) is 11.6. The molecule has 6 heteroatoms. The summed E-state index contributed by atoms with van der Waals surface area (Å²) in [6.45, 7) is 7.80. The second-order valence-electron chi connectivity index (χ2n) is 7.15. The lowest BCUT2D eigenvalue weighted by molar-refractivity contribution is 0.0914. The number of nitrogens with zero attached hydrogens (tertiary/aromatic N) is 4. The summed E-state index contributed by atoms with van der Waals surface area (Å²) >= 11 is 0. The average molecular weight is 333 g/mol. The Morgan fingerprint density at radius 1 is 1.25 bits per heavy atom. The van der Waals surface area contributed by atoms with Gasteiger partial charge in [0, 0.05) is 50.5 Å². The number of rotatable bonds is 3. The monoisotopic (exact) mass is 333 g/mol. The van der Waals surface area contributed by atoms with Crippen LogP contribution in [0.4, 0.5) is 0 Å². The van der Waals surface area contributed by atoms with Gasteiger partial charge in [-0.25, -0.2) is 0 Å². The topological polar surface area (TPSA) is 68.7 Å². The Balaban J connectivity index is 1.68. The third-order valence-corrected chi connectivity index (χ3v) is 5.48. The largest absolute Gasteiger partial charge is 0.373 e. The van der Waals surface area contributed by atoms with Crippen molar-refractivity contribution in [1.82, 2.24) is 14.7 Å². The van der Waals surface area contributed by atoms with Crippen LogP contribution >= 0.6 is 0 Å². The lowest BCUT2D eigenvalue weighted by Gasteiger charge is -2.22. The summed E-state index contributed by atoms with van der Waals surface area (Å²) in [6.07, 6.45) is 6.19. The molecule has 2 aliphatic heterocycles. The van der Waals surface area contributed by atoms with Gasteiger partial charge in [0.05, 0.1) is 11.8 Å². The van der Waals surface area contributed by atoms with Gasteiger partial charge in [0.1, 0.15) is 0 Å². The normalized spacial score (nSPS) is 26.0. The van der Waals surface area contributed by atoms with E-state index in [0.717, 1.165) is 38.4 Å². The quantitative estimate of drug-likeness (QED) is 0.681. The van der Waals surface area contributed by atoms with Crippen molar-refractivity contribution in [2.75, 3.05) is 26.2 Å². The molecular weight excluding hydrogens is 302 g/mol. The molecule has 0 bridgehead atoms. The number of aliphatic imine (C=N–C) groups is 1. The van der Waals surface area contributed by atoms with Crippen LogP contribution in [0.3, 0.4) is 0 Å². The number of hydrogen-bond donors (Lipinski definition) is 1. The van der Waals surface area contributed by atoms with E-state index in [-0.39, 0.29) is 6.10 Å². The van der Waals surface area contributed by atoms with Gasteiger partial charge in [-0.1, -0.05) is 12.8 Å². The molecule has 1 aromatic heterocycles. The second kappa shape index (κ2) is 7.55. The summed E-state index contributed by atoms with van der Waals surface area (Å²) in [5.41, 5.74) is 9.76. The van der Waals surface area contributed by atoms with Crippen LogP contribution in [-0.2, 0) is 11.8 Å². The molecule has 6 nitrogen and oxygen atoms in total. The molecule has 0 spiro atoms. The Hall–Kier alpha value is -1.56. The van der Waals surface area contributed by atoms with Crippen molar-refractivity contribution in [3.05, 3.63) is 17.0 Å². The molecule has 0 saturated carbocycles. The number of likely N-dealkylation sites (tertiary alicyclic amines) is 1. The maximum absolute atomic E-state index is 6.26. The van der Waals surface area contributed by atoms with Crippen molar-refractivity contribution in [2.45, 2.75) is 52.1 Å². The van der Waals surface area contributed by atoms with Crippen LogP contribution in [0.15, 0.2) is 4.99 Å². The van der Waals surface area contributed by atoms with Crippen molar-refractivity contribution in [2.24, 2.45) is 23.7 Å². The van der Waals surface area contributed by atoms with Gasteiger partial charge < -0.3 is 15.4 Å². The summed E-state index contributed by atoms with van der Waals surface area (Å²) in [7, 11) is 1.99. The SMILES string of the molecule is Cc1nn(C)c(C)c1[C@@H]1OCC[C@H]1CN=C(N)N1CCCCCC1. The van der Waals surface area contributed by atoms with Gasteiger partial charge in [-0.2, -0.15) is 5.10 Å². The maximum Gasteiger partial charge on any atom is 0.191 e. The Morgan fingerprint density at radius 3 is 2.58 bits per heavy atom. The lowest BCUT2D eigenvalue weighted by Crippen LogP contribution is -2.38. The zero-order chi connectivity index (χ0) is 17.1. The molecule has 0 amide bonds. The van der Waals surface area contributed by atoms with Crippen LogP contribution in [0.1, 0.15) is 55.2 Å². The Morgan fingerprint density at radius 2 is 1.96 bits per heavy atom. The molecular formula is C18H31N5O.